The van der Waals surface area contributed by atoms with E-state index in [1.54, 1.807) is 13.2 Å². The summed E-state index contributed by atoms with van der Waals surface area (Å²) < 4.78 is 0. The first-order valence-corrected chi connectivity index (χ1v) is 10.7. The number of hydrogen-bond donors (Lipinski definition) is 2. The van der Waals surface area contributed by atoms with Crippen LogP contribution in [-0.4, -0.2) is 43.5 Å². The van der Waals surface area contributed by atoms with Crippen LogP contribution in [0, 0.1) is 11.3 Å². The molecule has 0 aromatic carbocycles. The molecular weight excluding hydrogens is 352 g/mol. The number of anilines is 1. The maximum Gasteiger partial charge on any atom is 0.252 e. The van der Waals surface area contributed by atoms with E-state index in [2.05, 4.69) is 27.4 Å². The Morgan fingerprint density at radius 3 is 2.50 bits per heavy atom. The highest BCUT2D eigenvalue weighted by Gasteiger charge is 2.34. The van der Waals surface area contributed by atoms with Crippen LogP contribution in [0.1, 0.15) is 68.6 Å². The molecule has 2 heterocycles. The van der Waals surface area contributed by atoms with Crippen LogP contribution in [0.3, 0.4) is 0 Å². The molecule has 0 unspecified atom stereocenters. The summed E-state index contributed by atoms with van der Waals surface area (Å²) in [4.78, 5) is 31.4. The van der Waals surface area contributed by atoms with Crippen molar-refractivity contribution in [1.29, 1.82) is 0 Å². The van der Waals surface area contributed by atoms with E-state index in [4.69, 9.17) is 0 Å². The molecule has 1 aromatic rings. The molecule has 0 atom stereocenters. The maximum atomic E-state index is 12.7. The number of aromatic nitrogens is 1. The fourth-order valence-corrected chi connectivity index (χ4v) is 4.46. The molecule has 154 valence electrons. The largest absolute Gasteiger partial charge is 0.359 e. The average molecular weight is 387 g/mol. The van der Waals surface area contributed by atoms with Crippen molar-refractivity contribution in [3.8, 4) is 0 Å². The summed E-state index contributed by atoms with van der Waals surface area (Å²) in [5.41, 5.74) is 0.464. The Morgan fingerprint density at radius 2 is 1.89 bits per heavy atom. The number of hydrogen-bond acceptors (Lipinski definition) is 4. The third-order valence-electron chi connectivity index (χ3n) is 6.47. The number of nitrogens with zero attached hydrogens (tertiary/aromatic N) is 2. The van der Waals surface area contributed by atoms with Gasteiger partial charge in [-0.3, -0.25) is 9.59 Å². The average Bonchev–Trinajstić information content (AvgIpc) is 2.73. The van der Waals surface area contributed by atoms with E-state index in [0.717, 1.165) is 50.5 Å². The third kappa shape index (κ3) is 5.24. The first-order chi connectivity index (χ1) is 13.5. The SMILES string of the molecule is CNC(=O)CC1(CNC(=O)c2ccc(N3CCC(C)CC3)nc2)CCCCC1. The van der Waals surface area contributed by atoms with Crippen LogP contribution in [0.5, 0.6) is 0 Å². The highest BCUT2D eigenvalue weighted by Crippen LogP contribution is 2.38. The second-order valence-electron chi connectivity index (χ2n) is 8.67. The van der Waals surface area contributed by atoms with Gasteiger partial charge in [-0.05, 0) is 49.1 Å². The van der Waals surface area contributed by atoms with E-state index in [-0.39, 0.29) is 17.2 Å². The monoisotopic (exact) mass is 386 g/mol. The molecule has 1 aromatic heterocycles. The molecule has 0 radical (unpaired) electrons. The van der Waals surface area contributed by atoms with Gasteiger partial charge in [0.15, 0.2) is 0 Å². The Balaban J connectivity index is 1.58. The van der Waals surface area contributed by atoms with Crippen molar-refractivity contribution in [1.82, 2.24) is 15.6 Å². The zero-order valence-corrected chi connectivity index (χ0v) is 17.3. The molecule has 1 aliphatic carbocycles. The lowest BCUT2D eigenvalue weighted by molar-refractivity contribution is -0.123. The number of pyridine rings is 1. The Hall–Kier alpha value is -2.11. The third-order valence-corrected chi connectivity index (χ3v) is 6.47. The molecule has 0 spiro atoms. The fourth-order valence-electron chi connectivity index (χ4n) is 4.46. The molecule has 2 aliphatic rings. The summed E-state index contributed by atoms with van der Waals surface area (Å²) in [5, 5.41) is 5.80. The molecule has 1 saturated heterocycles. The first-order valence-electron chi connectivity index (χ1n) is 10.7. The first kappa shape index (κ1) is 20.6. The standard InChI is InChI=1S/C22H34N4O2/c1-17-8-12-26(13-9-17)19-7-6-18(15-24-19)21(28)25-16-22(14-20(27)23-2)10-4-3-5-11-22/h6-7,15,17H,3-5,8-14,16H2,1-2H3,(H,23,27)(H,25,28). The summed E-state index contributed by atoms with van der Waals surface area (Å²) in [6, 6.07) is 3.81. The summed E-state index contributed by atoms with van der Waals surface area (Å²) in [6.45, 7) is 4.90. The normalized spacial score (nSPS) is 19.9. The number of rotatable bonds is 6. The van der Waals surface area contributed by atoms with Gasteiger partial charge in [0.25, 0.3) is 5.91 Å². The van der Waals surface area contributed by atoms with E-state index in [1.807, 2.05) is 12.1 Å². The molecule has 28 heavy (non-hydrogen) atoms. The van der Waals surface area contributed by atoms with Gasteiger partial charge in [-0.25, -0.2) is 4.98 Å². The molecule has 2 amide bonds. The molecule has 6 heteroatoms. The van der Waals surface area contributed by atoms with Gasteiger partial charge >= 0.3 is 0 Å². The minimum absolute atomic E-state index is 0.0537. The lowest BCUT2D eigenvalue weighted by Crippen LogP contribution is -2.42. The van der Waals surface area contributed by atoms with Gasteiger partial charge in [0.2, 0.25) is 5.91 Å². The van der Waals surface area contributed by atoms with E-state index < -0.39 is 0 Å². The van der Waals surface area contributed by atoms with Crippen molar-refractivity contribution in [2.45, 2.75) is 58.3 Å². The molecule has 6 nitrogen and oxygen atoms in total. The lowest BCUT2D eigenvalue weighted by atomic mass is 9.71. The fraction of sp³-hybridized carbons (Fsp3) is 0.682. The van der Waals surface area contributed by atoms with E-state index in [0.29, 0.717) is 18.5 Å². The lowest BCUT2D eigenvalue weighted by Gasteiger charge is -2.37. The Labute approximate surface area is 168 Å². The number of carbonyl (C=O) groups excluding carboxylic acids is 2. The summed E-state index contributed by atoms with van der Waals surface area (Å²) in [5.74, 6) is 1.68. The topological polar surface area (TPSA) is 74.3 Å². The Bertz CT molecular complexity index is 660. The van der Waals surface area contributed by atoms with Crippen molar-refractivity contribution >= 4 is 17.6 Å². The van der Waals surface area contributed by atoms with E-state index in [1.165, 1.54) is 19.3 Å². The van der Waals surface area contributed by atoms with Crippen LogP contribution < -0.4 is 15.5 Å². The summed E-state index contributed by atoms with van der Waals surface area (Å²) >= 11 is 0. The van der Waals surface area contributed by atoms with Crippen molar-refractivity contribution in [3.63, 3.8) is 0 Å². The number of nitrogens with one attached hydrogen (secondary N) is 2. The van der Waals surface area contributed by atoms with Crippen LogP contribution in [0.25, 0.3) is 0 Å². The number of carbonyl (C=O) groups is 2. The van der Waals surface area contributed by atoms with Gasteiger partial charge in [0, 0.05) is 39.3 Å². The van der Waals surface area contributed by atoms with Crippen LogP contribution in [0.2, 0.25) is 0 Å². The summed E-state index contributed by atoms with van der Waals surface area (Å²) in [6.07, 6.45) is 9.98. The van der Waals surface area contributed by atoms with Gasteiger partial charge in [0.05, 0.1) is 5.56 Å². The van der Waals surface area contributed by atoms with Crippen LogP contribution >= 0.6 is 0 Å². The second kappa shape index (κ2) is 9.39. The Kier molecular flexibility index (Phi) is 6.92. The molecule has 1 saturated carbocycles. The number of amides is 2. The summed E-state index contributed by atoms with van der Waals surface area (Å²) in [7, 11) is 1.67. The quantitative estimate of drug-likeness (QED) is 0.788. The molecular formula is C22H34N4O2. The van der Waals surface area contributed by atoms with Crippen LogP contribution in [0.15, 0.2) is 18.3 Å². The Morgan fingerprint density at radius 1 is 1.18 bits per heavy atom. The molecule has 2 fully saturated rings. The van der Waals surface area contributed by atoms with Crippen LogP contribution in [-0.2, 0) is 4.79 Å². The van der Waals surface area contributed by atoms with Gasteiger partial charge in [-0.2, -0.15) is 0 Å². The van der Waals surface area contributed by atoms with Gasteiger partial charge in [-0.1, -0.05) is 26.2 Å². The zero-order valence-electron chi connectivity index (χ0n) is 17.3. The zero-order chi connectivity index (χ0) is 20.0. The number of piperidine rings is 1. The smallest absolute Gasteiger partial charge is 0.252 e. The predicted octanol–water partition coefficient (Wildman–Crippen LogP) is 3.13. The molecule has 3 rings (SSSR count). The van der Waals surface area contributed by atoms with Gasteiger partial charge < -0.3 is 15.5 Å². The minimum atomic E-state index is -0.119. The van der Waals surface area contributed by atoms with Crippen LogP contribution in [0.4, 0.5) is 5.82 Å². The molecule has 0 bridgehead atoms. The van der Waals surface area contributed by atoms with E-state index >= 15 is 0 Å². The second-order valence-corrected chi connectivity index (χ2v) is 8.67. The van der Waals surface area contributed by atoms with E-state index in [9.17, 15) is 9.59 Å². The molecule has 1 aliphatic heterocycles. The highest BCUT2D eigenvalue weighted by atomic mass is 16.2. The van der Waals surface area contributed by atoms with Gasteiger partial charge in [-0.15, -0.1) is 0 Å². The highest BCUT2D eigenvalue weighted by molar-refractivity contribution is 5.94. The minimum Gasteiger partial charge on any atom is -0.359 e. The predicted molar refractivity (Wildman–Crippen MR) is 111 cm³/mol. The maximum absolute atomic E-state index is 12.7. The van der Waals surface area contributed by atoms with Crippen molar-refractivity contribution in [2.24, 2.45) is 11.3 Å². The van der Waals surface area contributed by atoms with Crippen molar-refractivity contribution in [2.75, 3.05) is 31.6 Å². The van der Waals surface area contributed by atoms with Crippen molar-refractivity contribution < 1.29 is 9.59 Å². The van der Waals surface area contributed by atoms with Crippen molar-refractivity contribution in [3.05, 3.63) is 23.9 Å². The van der Waals surface area contributed by atoms with Gasteiger partial charge in [0.1, 0.15) is 5.82 Å². The molecule has 2 N–H and O–H groups in total.